The minimum Gasteiger partial charge on any atom is -0.489 e. The van der Waals surface area contributed by atoms with Crippen molar-refractivity contribution < 1.29 is 18.3 Å². The Hall–Kier alpha value is -2.63. The van der Waals surface area contributed by atoms with E-state index in [9.17, 15) is 13.6 Å². The highest BCUT2D eigenvalue weighted by molar-refractivity contribution is 5.95. The average molecular weight is 320 g/mol. The molecule has 6 heteroatoms. The van der Waals surface area contributed by atoms with Crippen LogP contribution in [0.5, 0.6) is 5.75 Å². The van der Waals surface area contributed by atoms with Gasteiger partial charge in [0.2, 0.25) is 5.91 Å². The van der Waals surface area contributed by atoms with E-state index >= 15 is 0 Å². The fourth-order valence-electron chi connectivity index (χ4n) is 1.93. The zero-order valence-corrected chi connectivity index (χ0v) is 12.9. The molecule has 4 nitrogen and oxygen atoms in total. The van der Waals surface area contributed by atoms with Gasteiger partial charge in [-0.3, -0.25) is 4.79 Å². The largest absolute Gasteiger partial charge is 0.489 e. The van der Waals surface area contributed by atoms with Crippen LogP contribution in [-0.2, 0) is 4.79 Å². The van der Waals surface area contributed by atoms with Gasteiger partial charge in [0.15, 0.2) is 0 Å². The smallest absolute Gasteiger partial charge is 0.243 e. The molecule has 0 aliphatic carbocycles. The number of hydrogen-bond acceptors (Lipinski definition) is 3. The summed E-state index contributed by atoms with van der Waals surface area (Å²) in [4.78, 5) is 12.0. The fourth-order valence-corrected chi connectivity index (χ4v) is 1.93. The average Bonchev–Trinajstić information content (AvgIpc) is 2.48. The van der Waals surface area contributed by atoms with Crippen LogP contribution < -0.4 is 15.4 Å². The highest BCUT2D eigenvalue weighted by Crippen LogP contribution is 2.24. The molecule has 2 aromatic rings. The molecule has 2 N–H and O–H groups in total. The Morgan fingerprint density at radius 3 is 2.57 bits per heavy atom. The lowest BCUT2D eigenvalue weighted by molar-refractivity contribution is -0.114. The lowest BCUT2D eigenvalue weighted by Crippen LogP contribution is -2.22. The third-order valence-corrected chi connectivity index (χ3v) is 2.89. The van der Waals surface area contributed by atoms with Crippen LogP contribution in [0.2, 0.25) is 0 Å². The first-order valence-electron chi connectivity index (χ1n) is 7.20. The van der Waals surface area contributed by atoms with E-state index in [0.29, 0.717) is 11.4 Å². The first-order chi connectivity index (χ1) is 11.0. The molecule has 0 aliphatic rings. The van der Waals surface area contributed by atoms with Crippen molar-refractivity contribution >= 4 is 17.3 Å². The zero-order valence-electron chi connectivity index (χ0n) is 12.9. The lowest BCUT2D eigenvalue weighted by Gasteiger charge is -2.15. The van der Waals surface area contributed by atoms with Gasteiger partial charge in [0.25, 0.3) is 0 Å². The van der Waals surface area contributed by atoms with Crippen molar-refractivity contribution in [3.63, 3.8) is 0 Å². The second-order valence-electron chi connectivity index (χ2n) is 5.19. The molecule has 0 radical (unpaired) electrons. The quantitative estimate of drug-likeness (QED) is 0.851. The van der Waals surface area contributed by atoms with E-state index in [1.807, 2.05) is 13.8 Å². The van der Waals surface area contributed by atoms with E-state index in [2.05, 4.69) is 10.6 Å². The van der Waals surface area contributed by atoms with Gasteiger partial charge in [-0.25, -0.2) is 8.78 Å². The minimum absolute atomic E-state index is 0.0283. The molecule has 0 bridgehead atoms. The summed E-state index contributed by atoms with van der Waals surface area (Å²) < 4.78 is 31.9. The van der Waals surface area contributed by atoms with Crippen molar-refractivity contribution in [1.29, 1.82) is 0 Å². The predicted molar refractivity (Wildman–Crippen MR) is 85.7 cm³/mol. The molecule has 2 aromatic carbocycles. The highest BCUT2D eigenvalue weighted by atomic mass is 19.1. The Kier molecular flexibility index (Phi) is 5.51. The van der Waals surface area contributed by atoms with Crippen molar-refractivity contribution in [2.75, 3.05) is 17.2 Å². The molecule has 0 atom stereocenters. The number of nitrogens with one attached hydrogen (secondary N) is 2. The van der Waals surface area contributed by atoms with E-state index in [0.717, 1.165) is 12.1 Å². The molecule has 0 fully saturated rings. The summed E-state index contributed by atoms with van der Waals surface area (Å²) in [5.74, 6) is -1.23. The van der Waals surface area contributed by atoms with Crippen LogP contribution in [0.3, 0.4) is 0 Å². The number of benzene rings is 2. The van der Waals surface area contributed by atoms with Gasteiger partial charge in [0.1, 0.15) is 17.4 Å². The Labute approximate surface area is 133 Å². The summed E-state index contributed by atoms with van der Waals surface area (Å²) in [7, 11) is 0. The van der Waals surface area contributed by atoms with Gasteiger partial charge in [0, 0.05) is 6.07 Å². The van der Waals surface area contributed by atoms with Gasteiger partial charge in [0.05, 0.1) is 24.0 Å². The van der Waals surface area contributed by atoms with E-state index in [4.69, 9.17) is 4.74 Å². The lowest BCUT2D eigenvalue weighted by atomic mass is 10.2. The van der Waals surface area contributed by atoms with Gasteiger partial charge in [-0.15, -0.1) is 0 Å². The summed E-state index contributed by atoms with van der Waals surface area (Å²) in [6, 6.07) is 10.2. The van der Waals surface area contributed by atoms with E-state index < -0.39 is 11.6 Å². The minimum atomic E-state index is -0.749. The zero-order chi connectivity index (χ0) is 16.8. The van der Waals surface area contributed by atoms with Crippen LogP contribution in [-0.4, -0.2) is 18.6 Å². The monoisotopic (exact) mass is 320 g/mol. The molecular formula is C17H18F2N2O2. The molecule has 0 heterocycles. The van der Waals surface area contributed by atoms with Crippen molar-refractivity contribution in [1.82, 2.24) is 0 Å². The Morgan fingerprint density at radius 1 is 1.13 bits per heavy atom. The summed E-state index contributed by atoms with van der Waals surface area (Å²) in [5.41, 5.74) is 0.598. The SMILES string of the molecule is CC(C)Oc1ccccc1NC(=O)CNc1ccc(F)cc1F. The highest BCUT2D eigenvalue weighted by Gasteiger charge is 2.10. The number of amides is 1. The maximum absolute atomic E-state index is 13.5. The summed E-state index contributed by atoms with van der Waals surface area (Å²) in [5, 5.41) is 5.32. The number of anilines is 2. The molecule has 0 saturated heterocycles. The maximum atomic E-state index is 13.5. The van der Waals surface area contributed by atoms with Crippen molar-refractivity contribution in [3.8, 4) is 5.75 Å². The molecule has 23 heavy (non-hydrogen) atoms. The number of para-hydroxylation sites is 2. The normalized spacial score (nSPS) is 10.5. The van der Waals surface area contributed by atoms with Gasteiger partial charge in [-0.1, -0.05) is 12.1 Å². The molecule has 0 saturated carbocycles. The molecule has 122 valence electrons. The molecule has 0 spiro atoms. The third-order valence-electron chi connectivity index (χ3n) is 2.89. The number of halogens is 2. The van der Waals surface area contributed by atoms with E-state index in [1.54, 1.807) is 24.3 Å². The van der Waals surface area contributed by atoms with E-state index in [-0.39, 0.29) is 24.2 Å². The van der Waals surface area contributed by atoms with Gasteiger partial charge < -0.3 is 15.4 Å². The second kappa shape index (κ2) is 7.58. The van der Waals surface area contributed by atoms with Crippen LogP contribution in [0.25, 0.3) is 0 Å². The molecule has 1 amide bonds. The number of hydrogen-bond donors (Lipinski definition) is 2. The van der Waals surface area contributed by atoms with Crippen molar-refractivity contribution in [3.05, 3.63) is 54.1 Å². The van der Waals surface area contributed by atoms with Gasteiger partial charge in [-0.2, -0.15) is 0 Å². The van der Waals surface area contributed by atoms with Crippen LogP contribution in [0, 0.1) is 11.6 Å². The Bertz CT molecular complexity index is 690. The number of ether oxygens (including phenoxy) is 1. The van der Waals surface area contributed by atoms with E-state index in [1.165, 1.54) is 6.07 Å². The van der Waals surface area contributed by atoms with Crippen molar-refractivity contribution in [2.45, 2.75) is 20.0 Å². The molecule has 2 rings (SSSR count). The topological polar surface area (TPSA) is 50.4 Å². The van der Waals surface area contributed by atoms with Crippen molar-refractivity contribution in [2.24, 2.45) is 0 Å². The maximum Gasteiger partial charge on any atom is 0.243 e. The second-order valence-corrected chi connectivity index (χ2v) is 5.19. The third kappa shape index (κ3) is 4.95. The summed E-state index contributed by atoms with van der Waals surface area (Å²) in [6.45, 7) is 3.62. The van der Waals surface area contributed by atoms with Crippen LogP contribution in [0.1, 0.15) is 13.8 Å². The summed E-state index contributed by atoms with van der Waals surface area (Å²) >= 11 is 0. The summed E-state index contributed by atoms with van der Waals surface area (Å²) in [6.07, 6.45) is -0.0283. The standard InChI is InChI=1S/C17H18F2N2O2/c1-11(2)23-16-6-4-3-5-15(16)21-17(22)10-20-14-8-7-12(18)9-13(14)19/h3-9,11,20H,10H2,1-2H3,(H,21,22). The number of carbonyl (C=O) groups excluding carboxylic acids is 1. The predicted octanol–water partition coefficient (Wildman–Crippen LogP) is 3.80. The Balaban J connectivity index is 1.97. The Morgan fingerprint density at radius 2 is 1.87 bits per heavy atom. The molecule has 0 aliphatic heterocycles. The first-order valence-corrected chi connectivity index (χ1v) is 7.20. The number of carbonyl (C=O) groups is 1. The molecule has 0 aromatic heterocycles. The van der Waals surface area contributed by atoms with Crippen LogP contribution in [0.4, 0.5) is 20.2 Å². The molecular weight excluding hydrogens is 302 g/mol. The number of rotatable bonds is 6. The fraction of sp³-hybridized carbons (Fsp3) is 0.235. The van der Waals surface area contributed by atoms with Crippen LogP contribution in [0.15, 0.2) is 42.5 Å². The first kappa shape index (κ1) is 16.7. The van der Waals surface area contributed by atoms with Gasteiger partial charge >= 0.3 is 0 Å². The van der Waals surface area contributed by atoms with Crippen LogP contribution >= 0.6 is 0 Å². The van der Waals surface area contributed by atoms with Gasteiger partial charge in [-0.05, 0) is 38.1 Å². The molecule has 0 unspecified atom stereocenters.